The average molecular weight is 889 g/mol. The Kier molecular flexibility index (Phi) is 14.4. The molecule has 332 valence electrons. The Morgan fingerprint density at radius 3 is 1.23 bits per heavy atom. The second-order valence-corrected chi connectivity index (χ2v) is 19.4. The number of fused-ring (bicyclic) bond motifs is 2. The number of rotatable bonds is 22. The van der Waals surface area contributed by atoms with Crippen LogP contribution < -0.4 is 41.8 Å². The van der Waals surface area contributed by atoms with E-state index in [0.717, 1.165) is 0 Å². The fourth-order valence-corrected chi connectivity index (χ4v) is 10.9. The van der Waals surface area contributed by atoms with Crippen molar-refractivity contribution in [2.24, 2.45) is 0 Å². The van der Waals surface area contributed by atoms with E-state index in [0.29, 0.717) is 75.5 Å². The number of nitrogens with one attached hydrogen (secondary N) is 2. The van der Waals surface area contributed by atoms with Crippen molar-refractivity contribution in [3.05, 3.63) is 59.7 Å². The fraction of sp³-hybridized carbons (Fsp3) is 0.550. The number of hydrogen-bond acceptors (Lipinski definition) is 15. The van der Waals surface area contributed by atoms with Gasteiger partial charge in [-0.05, 0) is 76.2 Å². The predicted octanol–water partition coefficient (Wildman–Crippen LogP) is -3.65. The third-order valence-corrected chi connectivity index (χ3v) is 14.0. The van der Waals surface area contributed by atoms with Crippen molar-refractivity contribution in [1.29, 1.82) is 0 Å². The molecule has 6 rings (SSSR count). The average Bonchev–Trinajstić information content (AvgIpc) is 3.64. The van der Waals surface area contributed by atoms with E-state index in [9.17, 15) is 39.0 Å². The summed E-state index contributed by atoms with van der Waals surface area (Å²) in [6.07, 6.45) is 0. The zero-order chi connectivity index (χ0) is 44.2. The highest BCUT2D eigenvalue weighted by atomic mass is 32.2. The molecule has 4 heterocycles. The number of aliphatic carboxylic acids is 2. The van der Waals surface area contributed by atoms with E-state index in [4.69, 9.17) is 23.7 Å². The Bertz CT molecular complexity index is 1820. The number of quaternary nitrogens is 2. The molecule has 19 nitrogen and oxygen atoms in total. The quantitative estimate of drug-likeness (QED) is 0.0656. The molecule has 0 spiro atoms. The first kappa shape index (κ1) is 45.9. The standard InChI is InChI=1S/C40H52N6O13S2/c1-39(2)29(37(51)52)45-33(49)27(35(45)60-39)43-31(47)25(41)21-5-9-23(10-6-21)58-19-17-56-15-13-55-14-16-57-18-20-59-24-11-7-22(8-12-24)26(42)32(48)44-28-34(50)46-30(38(53)54)40(3,4)61-36(28)46/h5-12,25-30,35-36H,13-20,41-42H2,1-4H3,(H,43,47)(H,44,48)(H,51,52)(H,53,54)/t25-,26-,27-,28-,29+,30?,35?,36?/m1/s1. The Morgan fingerprint density at radius 1 is 0.607 bits per heavy atom. The van der Waals surface area contributed by atoms with Crippen LogP contribution in [0.5, 0.6) is 11.5 Å². The molecule has 21 heteroatoms. The summed E-state index contributed by atoms with van der Waals surface area (Å²) in [4.78, 5) is 77.0. The Hall–Kier alpha value is -4.64. The van der Waals surface area contributed by atoms with Gasteiger partial charge in [0.25, 0.3) is 11.8 Å². The molecule has 8 atom stereocenters. The van der Waals surface area contributed by atoms with Crippen molar-refractivity contribution in [1.82, 2.24) is 20.4 Å². The molecule has 3 unspecified atom stereocenters. The van der Waals surface area contributed by atoms with E-state index in [1.807, 2.05) is 0 Å². The minimum atomic E-state index is -1.31. The van der Waals surface area contributed by atoms with Gasteiger partial charge in [0.15, 0.2) is 12.1 Å². The first-order valence-corrected chi connectivity index (χ1v) is 21.6. The minimum Gasteiger partial charge on any atom is -0.548 e. The molecule has 4 aliphatic rings. The highest BCUT2D eigenvalue weighted by Crippen LogP contribution is 2.51. The molecule has 0 bridgehead atoms. The molecule has 0 saturated carbocycles. The van der Waals surface area contributed by atoms with Gasteiger partial charge in [-0.3, -0.25) is 19.2 Å². The van der Waals surface area contributed by atoms with Crippen LogP contribution in [0.4, 0.5) is 0 Å². The monoisotopic (exact) mass is 888 g/mol. The van der Waals surface area contributed by atoms with Crippen LogP contribution in [0.15, 0.2) is 48.5 Å². The third kappa shape index (κ3) is 10.0. The second-order valence-electron chi connectivity index (χ2n) is 15.9. The molecule has 4 amide bonds. The van der Waals surface area contributed by atoms with Crippen molar-refractivity contribution < 1.29 is 74.1 Å². The number of benzene rings is 2. The van der Waals surface area contributed by atoms with E-state index >= 15 is 0 Å². The van der Waals surface area contributed by atoms with Crippen molar-refractivity contribution >= 4 is 59.1 Å². The van der Waals surface area contributed by atoms with Crippen LogP contribution in [0.25, 0.3) is 0 Å². The number of β-lactam (4-membered cyclic amide) rings is 2. The molecule has 0 aliphatic carbocycles. The number of hydrogen-bond donors (Lipinski definition) is 4. The van der Waals surface area contributed by atoms with Gasteiger partial charge in [0.1, 0.15) is 47.5 Å². The van der Waals surface area contributed by atoms with E-state index < -0.39 is 92.1 Å². The van der Waals surface area contributed by atoms with Gasteiger partial charge in [-0.1, -0.05) is 0 Å². The number of thioether (sulfide) groups is 2. The van der Waals surface area contributed by atoms with Crippen LogP contribution in [0, 0.1) is 0 Å². The smallest absolute Gasteiger partial charge is 0.283 e. The summed E-state index contributed by atoms with van der Waals surface area (Å²) in [7, 11) is 0. The number of ether oxygens (including phenoxy) is 5. The normalized spacial score (nSPS) is 25.3. The fourth-order valence-electron chi connectivity index (χ4n) is 7.63. The lowest BCUT2D eigenvalue weighted by atomic mass is 9.95. The predicted molar refractivity (Wildman–Crippen MR) is 214 cm³/mol. The summed E-state index contributed by atoms with van der Waals surface area (Å²) < 4.78 is 26.6. The van der Waals surface area contributed by atoms with Crippen molar-refractivity contribution in [3.8, 4) is 11.5 Å². The van der Waals surface area contributed by atoms with Crippen molar-refractivity contribution in [3.63, 3.8) is 0 Å². The molecular weight excluding hydrogens is 837 g/mol. The number of carboxylic acid groups (broad SMARTS) is 2. The number of carbonyl (C=O) groups is 6. The Balaban J connectivity index is 0.765. The van der Waals surface area contributed by atoms with Crippen molar-refractivity contribution in [2.75, 3.05) is 52.9 Å². The maximum Gasteiger partial charge on any atom is 0.283 e. The SMILES string of the molecule is CC1(C)SC2[C@H](NC(=O)[C@H]([NH3+])c3ccc(OCCOCCOCCOCCOc4ccc([C@@H]([NH3+])C(=O)N[C@@H]5C(=O)N6C5SC(C)(C)[C@@H]6C(=O)[O-])cc4)cc3)C(=O)N2C1C(=O)[O-]. The van der Waals surface area contributed by atoms with E-state index in [1.165, 1.54) is 33.3 Å². The first-order chi connectivity index (χ1) is 28.9. The summed E-state index contributed by atoms with van der Waals surface area (Å²) in [5.41, 5.74) is 9.14. The lowest BCUT2D eigenvalue weighted by molar-refractivity contribution is -0.410. The summed E-state index contributed by atoms with van der Waals surface area (Å²) in [5, 5.41) is 27.8. The van der Waals surface area contributed by atoms with E-state index in [2.05, 4.69) is 22.1 Å². The number of amides is 4. The Morgan fingerprint density at radius 2 is 0.918 bits per heavy atom. The topological polar surface area (TPSA) is 281 Å². The minimum absolute atomic E-state index is 0.295. The van der Waals surface area contributed by atoms with Crippen LogP contribution in [-0.4, -0.2) is 143 Å². The van der Waals surface area contributed by atoms with Crippen LogP contribution >= 0.6 is 23.5 Å². The molecular formula is C40H52N6O13S2. The molecule has 4 saturated heterocycles. The second kappa shape index (κ2) is 19.2. The van der Waals surface area contributed by atoms with Gasteiger partial charge in [-0.25, -0.2) is 0 Å². The van der Waals surface area contributed by atoms with Gasteiger partial charge in [-0.15, -0.1) is 23.5 Å². The number of carbonyl (C=O) groups excluding carboxylic acids is 6. The first-order valence-electron chi connectivity index (χ1n) is 19.8. The van der Waals surface area contributed by atoms with E-state index in [-0.39, 0.29) is 0 Å². The third-order valence-electron chi connectivity index (χ3n) is 10.9. The van der Waals surface area contributed by atoms with Gasteiger partial charge in [0.2, 0.25) is 11.8 Å². The van der Waals surface area contributed by atoms with Gasteiger partial charge in [0, 0.05) is 20.6 Å². The van der Waals surface area contributed by atoms with Crippen molar-refractivity contribution in [2.45, 2.75) is 84.2 Å². The highest BCUT2D eigenvalue weighted by Gasteiger charge is 2.63. The van der Waals surface area contributed by atoms with Crippen LogP contribution in [-0.2, 0) is 43.0 Å². The lowest BCUT2D eigenvalue weighted by Gasteiger charge is -2.45. The zero-order valence-electron chi connectivity index (χ0n) is 34.3. The zero-order valence-corrected chi connectivity index (χ0v) is 36.0. The van der Waals surface area contributed by atoms with Gasteiger partial charge in [0.05, 0.1) is 63.7 Å². The molecule has 0 aromatic heterocycles. The van der Waals surface area contributed by atoms with Crippen LogP contribution in [0.1, 0.15) is 50.9 Å². The summed E-state index contributed by atoms with van der Waals surface area (Å²) in [6, 6.07) is 8.37. The molecule has 2 aromatic rings. The van der Waals surface area contributed by atoms with Gasteiger partial charge < -0.3 is 75.4 Å². The van der Waals surface area contributed by atoms with Gasteiger partial charge in [-0.2, -0.15) is 0 Å². The highest BCUT2D eigenvalue weighted by molar-refractivity contribution is 8.02. The maximum absolute atomic E-state index is 12.9. The molecule has 61 heavy (non-hydrogen) atoms. The summed E-state index contributed by atoms with van der Waals surface area (Å²) in [5.74, 6) is -3.25. The molecule has 4 aliphatic heterocycles. The molecule has 4 fully saturated rings. The molecule has 8 N–H and O–H groups in total. The summed E-state index contributed by atoms with van der Waals surface area (Å²) >= 11 is 2.65. The van der Waals surface area contributed by atoms with Gasteiger partial charge >= 0.3 is 0 Å². The molecule has 0 radical (unpaired) electrons. The van der Waals surface area contributed by atoms with E-state index in [1.54, 1.807) is 76.2 Å². The number of carboxylic acids is 2. The Labute approximate surface area is 360 Å². The van der Waals surface area contributed by atoms with Crippen LogP contribution in [0.3, 0.4) is 0 Å². The maximum atomic E-state index is 12.9. The number of nitrogens with zero attached hydrogens (tertiary/aromatic N) is 2. The largest absolute Gasteiger partial charge is 0.548 e. The van der Waals surface area contributed by atoms with Crippen LogP contribution in [0.2, 0.25) is 0 Å². The lowest BCUT2D eigenvalue weighted by Crippen LogP contribution is -2.73. The molecule has 2 aromatic carbocycles. The summed E-state index contributed by atoms with van der Waals surface area (Å²) in [6.45, 7) is 9.67.